The number of amides is 1. The minimum absolute atomic E-state index is 0.109. The number of carbonyl (C=O) groups excluding carboxylic acids is 1. The minimum Gasteiger partial charge on any atom is -0.380 e. The fourth-order valence-electron chi connectivity index (χ4n) is 4.82. The average Bonchev–Trinajstić information content (AvgIpc) is 3.43. The summed E-state index contributed by atoms with van der Waals surface area (Å²) in [4.78, 5) is 17.1. The van der Waals surface area contributed by atoms with Crippen LogP contribution in [0.5, 0.6) is 0 Å². The van der Waals surface area contributed by atoms with Gasteiger partial charge >= 0.3 is 0 Å². The molecule has 2 fully saturated rings. The highest BCUT2D eigenvalue weighted by molar-refractivity contribution is 6.32. The summed E-state index contributed by atoms with van der Waals surface area (Å²) < 4.78 is 0. The smallest absolute Gasteiger partial charge is 0.254 e. The van der Waals surface area contributed by atoms with Crippen molar-refractivity contribution in [3.05, 3.63) is 64.2 Å². The molecule has 1 saturated heterocycles. The maximum Gasteiger partial charge on any atom is 0.254 e. The Hall–Kier alpha value is -2.55. The Bertz CT molecular complexity index is 1010. The number of carbonyl (C=O) groups is 1. The number of aryl methyl sites for hydroxylation is 1. The standard InChI is InChI=1S/C25H28ClN3O2/c1-18-6-2-3-7-20(18)16-29(21-9-8-19(15-27)23(26)14-21)22-10-13-28(17-22)24(30)25(31)11-4-5-12-25/h2-3,6-9,14,22,31H,4-5,10-13,16-17H2,1H3. The molecule has 1 atom stereocenters. The van der Waals surface area contributed by atoms with Gasteiger partial charge < -0.3 is 14.9 Å². The zero-order chi connectivity index (χ0) is 22.0. The molecule has 1 aliphatic heterocycles. The number of halogens is 1. The first-order chi connectivity index (χ1) is 14.9. The molecule has 1 saturated carbocycles. The summed E-state index contributed by atoms with van der Waals surface area (Å²) in [6.45, 7) is 4.00. The van der Waals surface area contributed by atoms with E-state index >= 15 is 0 Å². The van der Waals surface area contributed by atoms with Crippen LogP contribution >= 0.6 is 11.6 Å². The van der Waals surface area contributed by atoms with Crippen molar-refractivity contribution in [1.29, 1.82) is 5.26 Å². The lowest BCUT2D eigenvalue weighted by Crippen LogP contribution is -2.47. The maximum absolute atomic E-state index is 13.0. The summed E-state index contributed by atoms with van der Waals surface area (Å²) in [5.74, 6) is -0.124. The second kappa shape index (κ2) is 8.90. The zero-order valence-electron chi connectivity index (χ0n) is 17.9. The molecular formula is C25H28ClN3O2. The molecule has 5 nitrogen and oxygen atoms in total. The molecule has 1 aliphatic carbocycles. The summed E-state index contributed by atoms with van der Waals surface area (Å²) in [7, 11) is 0. The zero-order valence-corrected chi connectivity index (χ0v) is 18.6. The Morgan fingerprint density at radius 1 is 1.29 bits per heavy atom. The summed E-state index contributed by atoms with van der Waals surface area (Å²) in [5.41, 5.74) is 2.62. The predicted octanol–water partition coefficient (Wildman–Crippen LogP) is 4.43. The quantitative estimate of drug-likeness (QED) is 0.751. The molecule has 6 heteroatoms. The van der Waals surface area contributed by atoms with Gasteiger partial charge in [0.1, 0.15) is 11.7 Å². The van der Waals surface area contributed by atoms with Crippen molar-refractivity contribution in [3.8, 4) is 6.07 Å². The lowest BCUT2D eigenvalue weighted by Gasteiger charge is -2.33. The highest BCUT2D eigenvalue weighted by atomic mass is 35.5. The molecule has 2 aliphatic rings. The Morgan fingerprint density at radius 3 is 2.71 bits per heavy atom. The molecule has 1 N–H and O–H groups in total. The van der Waals surface area contributed by atoms with Crippen LogP contribution in [0.1, 0.15) is 48.8 Å². The van der Waals surface area contributed by atoms with Crippen LogP contribution < -0.4 is 4.90 Å². The van der Waals surface area contributed by atoms with Gasteiger partial charge in [-0.25, -0.2) is 0 Å². The summed E-state index contributed by atoms with van der Waals surface area (Å²) in [5, 5.41) is 20.4. The summed E-state index contributed by atoms with van der Waals surface area (Å²) in [6.07, 6.45) is 3.76. The van der Waals surface area contributed by atoms with Crippen LogP contribution in [0.4, 0.5) is 5.69 Å². The topological polar surface area (TPSA) is 67.6 Å². The SMILES string of the molecule is Cc1ccccc1CN(c1ccc(C#N)c(Cl)c1)C1CCN(C(=O)C2(O)CCCC2)C1. The molecule has 4 rings (SSSR count). The molecule has 0 aromatic heterocycles. The highest BCUT2D eigenvalue weighted by Gasteiger charge is 2.44. The van der Waals surface area contributed by atoms with E-state index in [-0.39, 0.29) is 11.9 Å². The van der Waals surface area contributed by atoms with Gasteiger partial charge in [-0.3, -0.25) is 4.79 Å². The Balaban J connectivity index is 1.60. The van der Waals surface area contributed by atoms with E-state index < -0.39 is 5.60 Å². The molecular weight excluding hydrogens is 410 g/mol. The Labute approximate surface area is 188 Å². The van der Waals surface area contributed by atoms with Crippen molar-refractivity contribution < 1.29 is 9.90 Å². The third-order valence-electron chi connectivity index (χ3n) is 6.73. The van der Waals surface area contributed by atoms with E-state index in [2.05, 4.69) is 30.0 Å². The number of nitriles is 1. The van der Waals surface area contributed by atoms with E-state index in [1.807, 2.05) is 29.2 Å². The molecule has 2 aromatic rings. The second-order valence-corrected chi connectivity index (χ2v) is 9.17. The number of aliphatic hydroxyl groups is 1. The van der Waals surface area contributed by atoms with E-state index in [1.165, 1.54) is 11.1 Å². The van der Waals surface area contributed by atoms with Gasteiger partial charge in [0.05, 0.1) is 10.6 Å². The van der Waals surface area contributed by atoms with E-state index in [0.717, 1.165) is 24.9 Å². The van der Waals surface area contributed by atoms with Gasteiger partial charge in [0.15, 0.2) is 0 Å². The van der Waals surface area contributed by atoms with Gasteiger partial charge in [0.2, 0.25) is 0 Å². The van der Waals surface area contributed by atoms with Crippen LogP contribution in [0.25, 0.3) is 0 Å². The fourth-order valence-corrected chi connectivity index (χ4v) is 5.04. The maximum atomic E-state index is 13.0. The van der Waals surface area contributed by atoms with Crippen molar-refractivity contribution in [3.63, 3.8) is 0 Å². The molecule has 1 unspecified atom stereocenters. The number of hydrogen-bond donors (Lipinski definition) is 1. The third kappa shape index (κ3) is 4.42. The molecule has 2 aromatic carbocycles. The van der Waals surface area contributed by atoms with Crippen molar-refractivity contribution in [2.45, 2.75) is 57.2 Å². The summed E-state index contributed by atoms with van der Waals surface area (Å²) in [6, 6.07) is 16.0. The number of hydrogen-bond acceptors (Lipinski definition) is 4. The van der Waals surface area contributed by atoms with Crippen LogP contribution in [0.3, 0.4) is 0 Å². The normalized spacial score (nSPS) is 19.9. The molecule has 0 bridgehead atoms. The van der Waals surface area contributed by atoms with Gasteiger partial charge in [0.25, 0.3) is 5.91 Å². The number of likely N-dealkylation sites (tertiary alicyclic amines) is 1. The van der Waals surface area contributed by atoms with Gasteiger partial charge in [0, 0.05) is 31.4 Å². The van der Waals surface area contributed by atoms with Gasteiger partial charge in [-0.2, -0.15) is 5.26 Å². The van der Waals surface area contributed by atoms with E-state index in [1.54, 1.807) is 6.07 Å². The second-order valence-electron chi connectivity index (χ2n) is 8.76. The third-order valence-corrected chi connectivity index (χ3v) is 7.04. The average molecular weight is 438 g/mol. The number of anilines is 1. The first-order valence-electron chi connectivity index (χ1n) is 10.9. The number of nitrogens with zero attached hydrogens (tertiary/aromatic N) is 3. The van der Waals surface area contributed by atoms with Crippen molar-refractivity contribution in [2.75, 3.05) is 18.0 Å². The largest absolute Gasteiger partial charge is 0.380 e. The molecule has 31 heavy (non-hydrogen) atoms. The molecule has 1 amide bonds. The van der Waals surface area contributed by atoms with Gasteiger partial charge in [-0.1, -0.05) is 35.9 Å². The van der Waals surface area contributed by atoms with Crippen LogP contribution in [0.2, 0.25) is 5.02 Å². The Kier molecular flexibility index (Phi) is 6.22. The lowest BCUT2D eigenvalue weighted by atomic mass is 10.0. The van der Waals surface area contributed by atoms with Crippen LogP contribution in [-0.2, 0) is 11.3 Å². The first kappa shape index (κ1) is 21.7. The van der Waals surface area contributed by atoms with E-state index in [9.17, 15) is 15.2 Å². The first-order valence-corrected chi connectivity index (χ1v) is 11.3. The molecule has 162 valence electrons. The number of rotatable bonds is 5. The van der Waals surface area contributed by atoms with Crippen LogP contribution in [-0.4, -0.2) is 40.6 Å². The van der Waals surface area contributed by atoms with Gasteiger partial charge in [-0.05, 0) is 68.4 Å². The number of benzene rings is 2. The van der Waals surface area contributed by atoms with Crippen LogP contribution in [0.15, 0.2) is 42.5 Å². The lowest BCUT2D eigenvalue weighted by molar-refractivity contribution is -0.149. The van der Waals surface area contributed by atoms with Crippen molar-refractivity contribution in [1.82, 2.24) is 4.90 Å². The molecule has 0 radical (unpaired) electrons. The van der Waals surface area contributed by atoms with Crippen molar-refractivity contribution >= 4 is 23.2 Å². The molecule has 1 heterocycles. The monoisotopic (exact) mass is 437 g/mol. The van der Waals surface area contributed by atoms with Crippen LogP contribution in [0, 0.1) is 18.3 Å². The fraction of sp³-hybridized carbons (Fsp3) is 0.440. The van der Waals surface area contributed by atoms with E-state index in [4.69, 9.17) is 11.6 Å². The highest BCUT2D eigenvalue weighted by Crippen LogP contribution is 2.34. The van der Waals surface area contributed by atoms with E-state index in [0.29, 0.717) is 43.1 Å². The summed E-state index contributed by atoms with van der Waals surface area (Å²) >= 11 is 6.35. The molecule has 0 spiro atoms. The van der Waals surface area contributed by atoms with Crippen molar-refractivity contribution in [2.24, 2.45) is 0 Å². The van der Waals surface area contributed by atoms with Gasteiger partial charge in [-0.15, -0.1) is 0 Å². The minimum atomic E-state index is -1.19. The predicted molar refractivity (Wildman–Crippen MR) is 122 cm³/mol. The Morgan fingerprint density at radius 2 is 2.03 bits per heavy atom.